The van der Waals surface area contributed by atoms with Crippen LogP contribution in [0.1, 0.15) is 0 Å². The van der Waals surface area contributed by atoms with E-state index in [1.165, 1.54) is 5.06 Å². The second-order valence-corrected chi connectivity index (χ2v) is 4.91. The van der Waals surface area contributed by atoms with E-state index in [9.17, 15) is 9.90 Å². The van der Waals surface area contributed by atoms with Gasteiger partial charge in [-0.2, -0.15) is 5.06 Å². The van der Waals surface area contributed by atoms with Gasteiger partial charge in [0.15, 0.2) is 0 Å². The number of nitrogens with zero attached hydrogens (tertiary/aromatic N) is 2. The van der Waals surface area contributed by atoms with Crippen LogP contribution in [-0.2, 0) is 4.84 Å². The Bertz CT molecular complexity index is 345. The number of rotatable bonds is 4. The summed E-state index contributed by atoms with van der Waals surface area (Å²) in [5.41, 5.74) is 0. The maximum Gasteiger partial charge on any atom is 0.345 e. The molecule has 0 unspecified atom stereocenters. The molecular formula is C10H13IN2O3. The third-order valence-corrected chi connectivity index (χ3v) is 3.75. The summed E-state index contributed by atoms with van der Waals surface area (Å²) in [7, 11) is 0. The van der Waals surface area contributed by atoms with Gasteiger partial charge >= 0.3 is 6.03 Å². The summed E-state index contributed by atoms with van der Waals surface area (Å²) in [5.74, 6) is 0. The average molecular weight is 336 g/mol. The van der Waals surface area contributed by atoms with Gasteiger partial charge in [-0.3, -0.25) is 4.84 Å². The van der Waals surface area contributed by atoms with E-state index in [-0.39, 0.29) is 24.7 Å². The first kappa shape index (κ1) is 11.9. The smallest absolute Gasteiger partial charge is 0.345 e. The lowest BCUT2D eigenvalue weighted by atomic mass is 10.1. The largest absolute Gasteiger partial charge is 0.394 e. The molecule has 1 fully saturated rings. The Morgan fingerprint density at radius 3 is 3.12 bits per heavy atom. The van der Waals surface area contributed by atoms with Gasteiger partial charge in [-0.1, -0.05) is 6.08 Å². The number of fused-ring (bicyclic) bond motifs is 2. The fourth-order valence-corrected chi connectivity index (χ4v) is 2.75. The lowest BCUT2D eigenvalue weighted by molar-refractivity contribution is -0.108. The van der Waals surface area contributed by atoms with Gasteiger partial charge in [0.25, 0.3) is 0 Å². The molecule has 88 valence electrons. The van der Waals surface area contributed by atoms with Crippen molar-refractivity contribution in [1.29, 1.82) is 0 Å². The van der Waals surface area contributed by atoms with Crippen molar-refractivity contribution in [3.05, 3.63) is 22.3 Å². The van der Waals surface area contributed by atoms with E-state index in [0.717, 1.165) is 3.58 Å². The maximum atomic E-state index is 12.0. The molecule has 1 N–H and O–H groups in total. The van der Waals surface area contributed by atoms with Crippen LogP contribution in [0.25, 0.3) is 0 Å². The predicted molar refractivity (Wildman–Crippen MR) is 66.9 cm³/mol. The highest BCUT2D eigenvalue weighted by Gasteiger charge is 2.45. The van der Waals surface area contributed by atoms with Crippen molar-refractivity contribution in [3.63, 3.8) is 0 Å². The minimum atomic E-state index is -0.229. The van der Waals surface area contributed by atoms with Crippen LogP contribution in [0.5, 0.6) is 0 Å². The normalized spacial score (nSPS) is 28.4. The molecule has 2 bridgehead atoms. The minimum Gasteiger partial charge on any atom is -0.394 e. The van der Waals surface area contributed by atoms with E-state index in [4.69, 9.17) is 4.84 Å². The van der Waals surface area contributed by atoms with Gasteiger partial charge in [0, 0.05) is 3.58 Å². The Morgan fingerprint density at radius 1 is 1.75 bits per heavy atom. The van der Waals surface area contributed by atoms with E-state index in [1.54, 1.807) is 11.0 Å². The Balaban J connectivity index is 2.18. The first-order valence-electron chi connectivity index (χ1n) is 5.00. The molecule has 16 heavy (non-hydrogen) atoms. The zero-order valence-electron chi connectivity index (χ0n) is 8.67. The Kier molecular flexibility index (Phi) is 3.50. The van der Waals surface area contributed by atoms with E-state index in [0.29, 0.717) is 13.2 Å². The number of urea groups is 1. The molecule has 2 atom stereocenters. The molecule has 2 aliphatic heterocycles. The number of carbonyl (C=O) groups excluding carboxylic acids is 1. The molecule has 0 radical (unpaired) electrons. The van der Waals surface area contributed by atoms with Crippen LogP contribution in [-0.4, -0.2) is 52.9 Å². The summed E-state index contributed by atoms with van der Waals surface area (Å²) < 4.78 is 1.03. The number of hydrogen-bond donors (Lipinski definition) is 1. The number of amides is 2. The highest BCUT2D eigenvalue weighted by Crippen LogP contribution is 2.33. The van der Waals surface area contributed by atoms with Crippen molar-refractivity contribution < 1.29 is 14.7 Å². The highest BCUT2D eigenvalue weighted by atomic mass is 127. The second-order valence-electron chi connectivity index (χ2n) is 3.66. The molecule has 0 aromatic rings. The quantitative estimate of drug-likeness (QED) is 0.613. The van der Waals surface area contributed by atoms with Crippen molar-refractivity contribution in [2.75, 3.05) is 19.8 Å². The van der Waals surface area contributed by atoms with Crippen molar-refractivity contribution >= 4 is 28.6 Å². The number of carbonyl (C=O) groups is 1. The van der Waals surface area contributed by atoms with Crippen molar-refractivity contribution in [2.24, 2.45) is 0 Å². The number of hydrogen-bond acceptors (Lipinski definition) is 3. The third-order valence-electron chi connectivity index (χ3n) is 2.68. The summed E-state index contributed by atoms with van der Waals surface area (Å²) in [6, 6.07) is -0.461. The highest BCUT2D eigenvalue weighted by molar-refractivity contribution is 14.1. The second kappa shape index (κ2) is 4.72. The average Bonchev–Trinajstić information content (AvgIpc) is 2.57. The molecular weight excluding hydrogens is 323 g/mol. The Labute approximate surface area is 107 Å². The predicted octanol–water partition coefficient (Wildman–Crippen LogP) is 0.904. The molecule has 2 rings (SSSR count). The van der Waals surface area contributed by atoms with Gasteiger partial charge in [-0.05, 0) is 28.7 Å². The molecule has 0 saturated carbocycles. The van der Waals surface area contributed by atoms with Gasteiger partial charge in [0.1, 0.15) is 6.04 Å². The number of halogens is 1. The van der Waals surface area contributed by atoms with Gasteiger partial charge in [0.2, 0.25) is 0 Å². The minimum absolute atomic E-state index is 0.0455. The Hall–Kier alpha value is -0.600. The summed E-state index contributed by atoms with van der Waals surface area (Å²) in [6.45, 7) is 4.38. The molecule has 2 aliphatic rings. The zero-order chi connectivity index (χ0) is 11.7. The first-order valence-corrected chi connectivity index (χ1v) is 6.08. The molecule has 0 aromatic carbocycles. The Morgan fingerprint density at radius 2 is 2.50 bits per heavy atom. The topological polar surface area (TPSA) is 53.0 Å². The summed E-state index contributed by atoms with van der Waals surface area (Å²) in [4.78, 5) is 18.9. The van der Waals surface area contributed by atoms with Crippen LogP contribution in [0, 0.1) is 0 Å². The van der Waals surface area contributed by atoms with E-state index < -0.39 is 0 Å². The van der Waals surface area contributed by atoms with E-state index >= 15 is 0 Å². The molecule has 2 amide bonds. The number of hydroxylamine groups is 2. The van der Waals surface area contributed by atoms with Crippen molar-refractivity contribution in [2.45, 2.75) is 12.1 Å². The fourth-order valence-electron chi connectivity index (χ4n) is 1.89. The van der Waals surface area contributed by atoms with Crippen LogP contribution in [0.3, 0.4) is 0 Å². The third kappa shape index (κ3) is 1.85. The van der Waals surface area contributed by atoms with Gasteiger partial charge in [-0.25, -0.2) is 4.79 Å². The number of aliphatic hydroxyl groups excluding tert-OH is 1. The molecule has 0 aliphatic carbocycles. The molecule has 1 saturated heterocycles. The molecule has 5 nitrogen and oxygen atoms in total. The summed E-state index contributed by atoms with van der Waals surface area (Å²) in [6.07, 6.45) is 3.51. The standard InChI is InChI=1S/C10H13IN2O3/c1-2-3-16-13-9-5-12(10(13)15)7(6-14)4-8(9)11/h2,4,7,9,14H,1,3,5-6H2/t7-,9+/m1/s1. The van der Waals surface area contributed by atoms with Crippen LogP contribution < -0.4 is 0 Å². The monoisotopic (exact) mass is 336 g/mol. The maximum absolute atomic E-state index is 12.0. The number of aliphatic hydroxyl groups is 1. The van der Waals surface area contributed by atoms with Gasteiger partial charge in [-0.15, -0.1) is 6.58 Å². The molecule has 0 spiro atoms. The zero-order valence-corrected chi connectivity index (χ0v) is 10.8. The van der Waals surface area contributed by atoms with Gasteiger partial charge < -0.3 is 10.0 Å². The lowest BCUT2D eigenvalue weighted by Crippen LogP contribution is -2.40. The van der Waals surface area contributed by atoms with E-state index in [2.05, 4.69) is 29.2 Å². The molecule has 6 heteroatoms. The fraction of sp³-hybridized carbons (Fsp3) is 0.500. The first-order chi connectivity index (χ1) is 7.69. The van der Waals surface area contributed by atoms with Gasteiger partial charge in [0.05, 0.1) is 25.8 Å². The SMILES string of the molecule is C=CCON1C(=O)N2C[C@H]1C(I)=C[C@@H]2CO. The molecule has 2 heterocycles. The van der Waals surface area contributed by atoms with Crippen LogP contribution in [0.15, 0.2) is 22.3 Å². The van der Waals surface area contributed by atoms with Crippen LogP contribution in [0.2, 0.25) is 0 Å². The lowest BCUT2D eigenvalue weighted by Gasteiger charge is -2.25. The van der Waals surface area contributed by atoms with Crippen LogP contribution >= 0.6 is 22.6 Å². The van der Waals surface area contributed by atoms with E-state index in [1.807, 2.05) is 6.08 Å². The van der Waals surface area contributed by atoms with Crippen molar-refractivity contribution in [3.8, 4) is 0 Å². The van der Waals surface area contributed by atoms with Crippen molar-refractivity contribution in [1.82, 2.24) is 9.96 Å². The summed E-state index contributed by atoms with van der Waals surface area (Å²) in [5, 5.41) is 10.6. The molecule has 0 aromatic heterocycles. The van der Waals surface area contributed by atoms with Crippen LogP contribution in [0.4, 0.5) is 4.79 Å². The summed E-state index contributed by atoms with van der Waals surface area (Å²) >= 11 is 2.18.